The summed E-state index contributed by atoms with van der Waals surface area (Å²) in [5.74, 6) is 0.949. The average molecular weight is 191 g/mol. The number of fused-ring (bicyclic) bond motifs is 2. The van der Waals surface area contributed by atoms with Crippen LogP contribution in [0.4, 0.5) is 5.82 Å². The summed E-state index contributed by atoms with van der Waals surface area (Å²) in [5.41, 5.74) is 0.559. The van der Waals surface area contributed by atoms with E-state index in [1.54, 1.807) is 6.20 Å². The molecule has 0 saturated heterocycles. The Labute approximate surface area is 80.2 Å². The van der Waals surface area contributed by atoms with Crippen molar-refractivity contribution in [2.75, 3.05) is 5.32 Å². The van der Waals surface area contributed by atoms with Gasteiger partial charge in [-0.1, -0.05) is 0 Å². The highest BCUT2D eigenvalue weighted by atomic mass is 16.3. The number of hydrogen-bond donors (Lipinski definition) is 2. The third-order valence-electron chi connectivity index (χ3n) is 2.91. The quantitative estimate of drug-likeness (QED) is 0.652. The van der Waals surface area contributed by atoms with Crippen LogP contribution in [0.1, 0.15) is 24.2 Å². The first-order chi connectivity index (χ1) is 6.76. The van der Waals surface area contributed by atoms with E-state index in [1.165, 1.54) is 0 Å². The third kappa shape index (κ3) is 0.798. The zero-order valence-electron chi connectivity index (χ0n) is 7.45. The number of anilines is 1. The second-order valence-corrected chi connectivity index (χ2v) is 3.74. The lowest BCUT2D eigenvalue weighted by Gasteiger charge is -2.02. The smallest absolute Gasteiger partial charge is 0.236 e. The molecule has 3 rings (SSSR count). The summed E-state index contributed by atoms with van der Waals surface area (Å²) in [6.45, 7) is -0.198. The van der Waals surface area contributed by atoms with Gasteiger partial charge in [0.1, 0.15) is 12.4 Å². The van der Waals surface area contributed by atoms with Crippen molar-refractivity contribution >= 4 is 11.7 Å². The molecule has 14 heavy (non-hydrogen) atoms. The number of carbonyl (C=O) groups is 1. The van der Waals surface area contributed by atoms with E-state index in [4.69, 9.17) is 5.11 Å². The van der Waals surface area contributed by atoms with E-state index in [1.807, 2.05) is 0 Å². The molecule has 1 aliphatic carbocycles. The Morgan fingerprint density at radius 3 is 3.00 bits per heavy atom. The molecule has 72 valence electrons. The molecule has 1 saturated carbocycles. The number of carbonyl (C=O) groups excluding carboxylic acids is 1. The monoisotopic (exact) mass is 191 g/mol. The number of hydrogen-bond acceptors (Lipinski definition) is 4. The molecule has 0 bridgehead atoms. The van der Waals surface area contributed by atoms with Crippen molar-refractivity contribution in [3.63, 3.8) is 0 Å². The van der Waals surface area contributed by atoms with E-state index in [0.717, 1.165) is 18.4 Å². The fraction of sp³-hybridized carbons (Fsp3) is 0.444. The van der Waals surface area contributed by atoms with Gasteiger partial charge in [0.2, 0.25) is 5.91 Å². The fourth-order valence-electron chi connectivity index (χ4n) is 1.91. The summed E-state index contributed by atoms with van der Waals surface area (Å²) in [7, 11) is 0. The van der Waals surface area contributed by atoms with E-state index in [2.05, 4.69) is 15.3 Å². The average Bonchev–Trinajstić information content (AvgIpc) is 2.93. The van der Waals surface area contributed by atoms with Crippen LogP contribution >= 0.6 is 0 Å². The molecule has 1 fully saturated rings. The van der Waals surface area contributed by atoms with E-state index in [9.17, 15) is 4.79 Å². The maximum atomic E-state index is 11.6. The zero-order valence-corrected chi connectivity index (χ0v) is 7.45. The molecule has 5 heteroatoms. The number of nitrogens with one attached hydrogen (secondary N) is 1. The van der Waals surface area contributed by atoms with Crippen LogP contribution in [0, 0.1) is 0 Å². The first-order valence-corrected chi connectivity index (χ1v) is 4.55. The van der Waals surface area contributed by atoms with Gasteiger partial charge in [0.05, 0.1) is 5.41 Å². The number of aliphatic hydroxyl groups is 1. The highest BCUT2D eigenvalue weighted by Crippen LogP contribution is 2.54. The van der Waals surface area contributed by atoms with Crippen molar-refractivity contribution in [3.8, 4) is 0 Å². The lowest BCUT2D eigenvalue weighted by Crippen LogP contribution is -2.18. The van der Waals surface area contributed by atoms with Crippen LogP contribution in [-0.2, 0) is 16.8 Å². The van der Waals surface area contributed by atoms with Gasteiger partial charge in [-0.05, 0) is 12.8 Å². The molecule has 1 aromatic heterocycles. The lowest BCUT2D eigenvalue weighted by molar-refractivity contribution is -0.117. The SMILES string of the molecule is O=C1Nc2nc(CO)ncc2C12CC2. The Morgan fingerprint density at radius 1 is 1.57 bits per heavy atom. The van der Waals surface area contributed by atoms with Gasteiger partial charge in [-0.25, -0.2) is 9.97 Å². The first-order valence-electron chi connectivity index (χ1n) is 4.55. The Hall–Kier alpha value is -1.49. The molecular weight excluding hydrogens is 182 g/mol. The largest absolute Gasteiger partial charge is 0.388 e. The van der Waals surface area contributed by atoms with Gasteiger partial charge in [0.15, 0.2) is 5.82 Å². The summed E-state index contributed by atoms with van der Waals surface area (Å²) >= 11 is 0. The zero-order chi connectivity index (χ0) is 9.76. The standard InChI is InChI=1S/C9H9N3O2/c13-4-6-10-3-5-7(11-6)12-8(14)9(5)1-2-9/h3,13H,1-2,4H2,(H,10,11,12,14). The van der Waals surface area contributed by atoms with Crippen molar-refractivity contribution in [1.82, 2.24) is 9.97 Å². The van der Waals surface area contributed by atoms with Crippen molar-refractivity contribution in [1.29, 1.82) is 0 Å². The number of rotatable bonds is 1. The number of nitrogens with zero attached hydrogens (tertiary/aromatic N) is 2. The number of aliphatic hydroxyl groups excluding tert-OH is 1. The molecule has 0 radical (unpaired) electrons. The number of aromatic nitrogens is 2. The molecule has 1 spiro atoms. The Bertz CT molecular complexity index is 426. The van der Waals surface area contributed by atoms with Gasteiger partial charge >= 0.3 is 0 Å². The summed E-state index contributed by atoms with van der Waals surface area (Å²) in [4.78, 5) is 19.6. The highest BCUT2D eigenvalue weighted by Gasteiger charge is 2.57. The van der Waals surface area contributed by atoms with Crippen molar-refractivity contribution in [3.05, 3.63) is 17.6 Å². The normalized spacial score (nSPS) is 20.8. The molecule has 0 aromatic carbocycles. The van der Waals surface area contributed by atoms with Gasteiger partial charge in [0, 0.05) is 11.8 Å². The molecular formula is C9H9N3O2. The summed E-state index contributed by atoms with van der Waals surface area (Å²) in [6, 6.07) is 0. The van der Waals surface area contributed by atoms with Crippen LogP contribution in [0.25, 0.3) is 0 Å². The van der Waals surface area contributed by atoms with Gasteiger partial charge in [-0.3, -0.25) is 4.79 Å². The first kappa shape index (κ1) is 7.87. The van der Waals surface area contributed by atoms with E-state index in [-0.39, 0.29) is 17.9 Å². The Kier molecular flexibility index (Phi) is 1.29. The minimum absolute atomic E-state index is 0.0249. The lowest BCUT2D eigenvalue weighted by atomic mass is 10.0. The predicted octanol–water partition coefficient (Wildman–Crippen LogP) is -0.0474. The topological polar surface area (TPSA) is 75.1 Å². The van der Waals surface area contributed by atoms with Gasteiger partial charge in [0.25, 0.3) is 0 Å². The molecule has 0 atom stereocenters. The van der Waals surface area contributed by atoms with Crippen molar-refractivity contribution in [2.45, 2.75) is 24.9 Å². The maximum Gasteiger partial charge on any atom is 0.236 e. The second kappa shape index (κ2) is 2.30. The van der Waals surface area contributed by atoms with Crippen LogP contribution in [0.5, 0.6) is 0 Å². The maximum absolute atomic E-state index is 11.6. The van der Waals surface area contributed by atoms with E-state index < -0.39 is 0 Å². The third-order valence-corrected chi connectivity index (χ3v) is 2.91. The van der Waals surface area contributed by atoms with Crippen molar-refractivity contribution in [2.24, 2.45) is 0 Å². The van der Waals surface area contributed by atoms with Crippen LogP contribution in [0.2, 0.25) is 0 Å². The highest BCUT2D eigenvalue weighted by molar-refractivity contribution is 6.07. The van der Waals surface area contributed by atoms with Crippen LogP contribution in [0.15, 0.2) is 6.20 Å². The second-order valence-electron chi connectivity index (χ2n) is 3.74. The minimum atomic E-state index is -0.330. The van der Waals surface area contributed by atoms with Crippen molar-refractivity contribution < 1.29 is 9.90 Å². The van der Waals surface area contributed by atoms with Crippen LogP contribution < -0.4 is 5.32 Å². The molecule has 2 heterocycles. The summed E-state index contributed by atoms with van der Waals surface area (Å²) in [6.07, 6.45) is 3.42. The molecule has 2 N–H and O–H groups in total. The Balaban J connectivity index is 2.14. The summed E-state index contributed by atoms with van der Waals surface area (Å²) in [5, 5.41) is 11.6. The molecule has 1 amide bonds. The molecule has 5 nitrogen and oxygen atoms in total. The van der Waals surface area contributed by atoms with Crippen LogP contribution in [0.3, 0.4) is 0 Å². The molecule has 0 unspecified atom stereocenters. The molecule has 2 aliphatic rings. The predicted molar refractivity (Wildman–Crippen MR) is 47.5 cm³/mol. The number of amides is 1. The minimum Gasteiger partial charge on any atom is -0.388 e. The van der Waals surface area contributed by atoms with Gasteiger partial charge < -0.3 is 10.4 Å². The summed E-state index contributed by atoms with van der Waals surface area (Å²) < 4.78 is 0. The van der Waals surface area contributed by atoms with Gasteiger partial charge in [-0.15, -0.1) is 0 Å². The molecule has 1 aromatic rings. The van der Waals surface area contributed by atoms with E-state index in [0.29, 0.717) is 11.6 Å². The van der Waals surface area contributed by atoms with Crippen LogP contribution in [-0.4, -0.2) is 21.0 Å². The molecule has 1 aliphatic heterocycles. The Morgan fingerprint density at radius 2 is 2.36 bits per heavy atom. The van der Waals surface area contributed by atoms with E-state index >= 15 is 0 Å². The fourth-order valence-corrected chi connectivity index (χ4v) is 1.91. The van der Waals surface area contributed by atoms with Gasteiger partial charge in [-0.2, -0.15) is 0 Å².